The Balaban J connectivity index is 1.55. The first-order valence-electron chi connectivity index (χ1n) is 6.95. The average molecular weight is 326 g/mol. The molecule has 6 nitrogen and oxygen atoms in total. The molecule has 0 aliphatic carbocycles. The smallest absolute Gasteiger partial charge is 0.257 e. The van der Waals surface area contributed by atoms with Gasteiger partial charge in [0, 0.05) is 6.20 Å². The molecule has 0 unspecified atom stereocenters. The Kier molecular flexibility index (Phi) is 4.68. The highest BCUT2D eigenvalue weighted by Gasteiger charge is 2.09. The van der Waals surface area contributed by atoms with Crippen LogP contribution in [-0.4, -0.2) is 27.3 Å². The van der Waals surface area contributed by atoms with E-state index >= 15 is 0 Å². The van der Waals surface area contributed by atoms with Gasteiger partial charge in [0.05, 0.1) is 17.2 Å². The third kappa shape index (κ3) is 3.95. The molecule has 0 fully saturated rings. The lowest BCUT2D eigenvalue weighted by atomic mass is 10.3. The van der Waals surface area contributed by atoms with Crippen molar-refractivity contribution in [2.24, 2.45) is 5.10 Å². The zero-order valence-electron chi connectivity index (χ0n) is 12.4. The zero-order valence-corrected chi connectivity index (χ0v) is 13.2. The summed E-state index contributed by atoms with van der Waals surface area (Å²) in [6.45, 7) is 1.79. The monoisotopic (exact) mass is 326 g/mol. The van der Waals surface area contributed by atoms with Crippen molar-refractivity contribution < 1.29 is 9.21 Å². The number of thioether (sulfide) groups is 1. The first kappa shape index (κ1) is 15.2. The molecule has 2 aromatic heterocycles. The van der Waals surface area contributed by atoms with Crippen LogP contribution in [0, 0.1) is 0 Å². The Bertz CT molecular complexity index is 812. The number of rotatable bonds is 5. The SMILES string of the molecule is C/C(=N\NC(=O)CSc1nc2ccccc2o1)c1ccccn1. The number of amides is 1. The van der Waals surface area contributed by atoms with Crippen LogP contribution in [0.1, 0.15) is 12.6 Å². The summed E-state index contributed by atoms with van der Waals surface area (Å²) in [7, 11) is 0. The van der Waals surface area contributed by atoms with Crippen LogP contribution in [0.5, 0.6) is 0 Å². The van der Waals surface area contributed by atoms with Gasteiger partial charge in [-0.2, -0.15) is 5.10 Å². The topological polar surface area (TPSA) is 80.4 Å². The van der Waals surface area contributed by atoms with Gasteiger partial charge in [-0.1, -0.05) is 30.0 Å². The number of nitrogens with one attached hydrogen (secondary N) is 1. The van der Waals surface area contributed by atoms with E-state index in [-0.39, 0.29) is 11.7 Å². The molecular formula is C16H14N4O2S. The van der Waals surface area contributed by atoms with Crippen LogP contribution >= 0.6 is 11.8 Å². The second kappa shape index (κ2) is 7.06. The molecule has 1 N–H and O–H groups in total. The molecular weight excluding hydrogens is 312 g/mol. The van der Waals surface area contributed by atoms with E-state index in [1.165, 1.54) is 11.8 Å². The van der Waals surface area contributed by atoms with Crippen molar-refractivity contribution >= 4 is 34.5 Å². The lowest BCUT2D eigenvalue weighted by Gasteiger charge is -2.01. The number of carbonyl (C=O) groups is 1. The number of fused-ring (bicyclic) bond motifs is 1. The summed E-state index contributed by atoms with van der Waals surface area (Å²) in [5, 5.41) is 4.50. The van der Waals surface area contributed by atoms with Gasteiger partial charge >= 0.3 is 0 Å². The number of hydrogen-bond acceptors (Lipinski definition) is 6. The number of oxazole rings is 1. The molecule has 7 heteroatoms. The predicted molar refractivity (Wildman–Crippen MR) is 89.3 cm³/mol. The lowest BCUT2D eigenvalue weighted by molar-refractivity contribution is -0.118. The molecule has 0 saturated heterocycles. The Hall–Kier alpha value is -2.67. The summed E-state index contributed by atoms with van der Waals surface area (Å²) < 4.78 is 5.54. The summed E-state index contributed by atoms with van der Waals surface area (Å²) in [6, 6.07) is 13.0. The third-order valence-electron chi connectivity index (χ3n) is 2.98. The van der Waals surface area contributed by atoms with Gasteiger partial charge in [-0.15, -0.1) is 0 Å². The Morgan fingerprint density at radius 2 is 2.09 bits per heavy atom. The fourth-order valence-corrected chi connectivity index (χ4v) is 2.48. The normalized spacial score (nSPS) is 11.6. The number of benzene rings is 1. The second-order valence-electron chi connectivity index (χ2n) is 4.68. The molecule has 0 saturated carbocycles. The molecule has 0 bridgehead atoms. The van der Waals surface area contributed by atoms with Crippen LogP contribution < -0.4 is 5.43 Å². The minimum absolute atomic E-state index is 0.172. The number of nitrogens with zero attached hydrogens (tertiary/aromatic N) is 3. The van der Waals surface area contributed by atoms with E-state index in [0.29, 0.717) is 16.5 Å². The highest BCUT2D eigenvalue weighted by molar-refractivity contribution is 7.99. The van der Waals surface area contributed by atoms with Gasteiger partial charge in [0.15, 0.2) is 5.58 Å². The standard InChI is InChI=1S/C16H14N4O2S/c1-11(12-6-4-5-9-17-12)19-20-15(21)10-23-16-18-13-7-2-3-8-14(13)22-16/h2-9H,10H2,1H3,(H,20,21)/b19-11+. The van der Waals surface area contributed by atoms with Crippen LogP contribution in [0.25, 0.3) is 11.1 Å². The molecule has 2 heterocycles. The van der Waals surface area contributed by atoms with Gasteiger partial charge in [-0.25, -0.2) is 10.4 Å². The maximum Gasteiger partial charge on any atom is 0.257 e. The van der Waals surface area contributed by atoms with Gasteiger partial charge in [0.2, 0.25) is 0 Å². The first-order valence-corrected chi connectivity index (χ1v) is 7.94. The molecule has 0 aliphatic heterocycles. The van der Waals surface area contributed by atoms with Crippen molar-refractivity contribution in [1.82, 2.24) is 15.4 Å². The van der Waals surface area contributed by atoms with Gasteiger partial charge in [-0.3, -0.25) is 9.78 Å². The molecule has 3 aromatic rings. The van der Waals surface area contributed by atoms with E-state index in [0.717, 1.165) is 11.2 Å². The van der Waals surface area contributed by atoms with E-state index in [4.69, 9.17) is 4.42 Å². The van der Waals surface area contributed by atoms with Crippen molar-refractivity contribution in [3.8, 4) is 0 Å². The number of hydrazone groups is 1. The van der Waals surface area contributed by atoms with Gasteiger partial charge in [-0.05, 0) is 31.2 Å². The van der Waals surface area contributed by atoms with Crippen LogP contribution in [0.2, 0.25) is 0 Å². The lowest BCUT2D eigenvalue weighted by Crippen LogP contribution is -2.21. The largest absolute Gasteiger partial charge is 0.431 e. The van der Waals surface area contributed by atoms with Crippen LogP contribution in [0.15, 0.2) is 63.4 Å². The van der Waals surface area contributed by atoms with Crippen molar-refractivity contribution in [1.29, 1.82) is 0 Å². The quantitative estimate of drug-likeness (QED) is 0.443. The van der Waals surface area contributed by atoms with Crippen molar-refractivity contribution in [2.75, 3.05) is 5.75 Å². The third-order valence-corrected chi connectivity index (χ3v) is 3.81. The van der Waals surface area contributed by atoms with E-state index < -0.39 is 0 Å². The van der Waals surface area contributed by atoms with E-state index in [2.05, 4.69) is 20.5 Å². The van der Waals surface area contributed by atoms with Crippen molar-refractivity contribution in [3.05, 3.63) is 54.4 Å². The minimum atomic E-state index is -0.229. The summed E-state index contributed by atoms with van der Waals surface area (Å²) in [4.78, 5) is 20.3. The van der Waals surface area contributed by atoms with Crippen LogP contribution in [0.4, 0.5) is 0 Å². The van der Waals surface area contributed by atoms with E-state index in [1.54, 1.807) is 13.1 Å². The van der Waals surface area contributed by atoms with Crippen LogP contribution in [0.3, 0.4) is 0 Å². The van der Waals surface area contributed by atoms with Crippen molar-refractivity contribution in [3.63, 3.8) is 0 Å². The Morgan fingerprint density at radius 1 is 1.26 bits per heavy atom. The van der Waals surface area contributed by atoms with Gasteiger partial charge < -0.3 is 4.42 Å². The Morgan fingerprint density at radius 3 is 2.87 bits per heavy atom. The zero-order chi connectivity index (χ0) is 16.1. The average Bonchev–Trinajstić information content (AvgIpc) is 3.01. The van der Waals surface area contributed by atoms with Crippen LogP contribution in [-0.2, 0) is 4.79 Å². The minimum Gasteiger partial charge on any atom is -0.431 e. The highest BCUT2D eigenvalue weighted by atomic mass is 32.2. The number of para-hydroxylation sites is 2. The van der Waals surface area contributed by atoms with Gasteiger partial charge in [0.1, 0.15) is 5.52 Å². The molecule has 116 valence electrons. The van der Waals surface area contributed by atoms with Gasteiger partial charge in [0.25, 0.3) is 11.1 Å². The summed E-state index contributed by atoms with van der Waals surface area (Å²) in [6.07, 6.45) is 1.68. The summed E-state index contributed by atoms with van der Waals surface area (Å²) in [5.74, 6) is -0.0567. The summed E-state index contributed by atoms with van der Waals surface area (Å²) in [5.41, 5.74) is 5.35. The molecule has 0 atom stereocenters. The van der Waals surface area contributed by atoms with Crippen molar-refractivity contribution in [2.45, 2.75) is 12.1 Å². The summed E-state index contributed by atoms with van der Waals surface area (Å²) >= 11 is 1.23. The maximum absolute atomic E-state index is 11.8. The molecule has 0 aliphatic rings. The first-order chi connectivity index (χ1) is 11.2. The predicted octanol–water partition coefficient (Wildman–Crippen LogP) is 2.86. The molecule has 1 amide bonds. The number of pyridine rings is 1. The molecule has 1 aromatic carbocycles. The maximum atomic E-state index is 11.8. The fourth-order valence-electron chi connectivity index (χ4n) is 1.85. The molecule has 3 rings (SSSR count). The number of hydrogen-bond donors (Lipinski definition) is 1. The molecule has 23 heavy (non-hydrogen) atoms. The van der Waals surface area contributed by atoms with E-state index in [9.17, 15) is 4.79 Å². The highest BCUT2D eigenvalue weighted by Crippen LogP contribution is 2.22. The van der Waals surface area contributed by atoms with E-state index in [1.807, 2.05) is 42.5 Å². The fraction of sp³-hybridized carbons (Fsp3) is 0.125. The molecule has 0 radical (unpaired) electrons. The Labute approximate surface area is 137 Å². The second-order valence-corrected chi connectivity index (χ2v) is 5.61. The number of carbonyl (C=O) groups excluding carboxylic acids is 1. The number of aromatic nitrogens is 2. The molecule has 0 spiro atoms.